The first-order valence-corrected chi connectivity index (χ1v) is 8.23. The number of aliphatic hydroxyl groups excluding tert-OH is 1. The van der Waals surface area contributed by atoms with Crippen LogP contribution in [0.25, 0.3) is 0 Å². The lowest BCUT2D eigenvalue weighted by Gasteiger charge is -2.41. The molecule has 1 saturated carbocycles. The van der Waals surface area contributed by atoms with Gasteiger partial charge in [0, 0.05) is 6.04 Å². The van der Waals surface area contributed by atoms with E-state index in [1.54, 1.807) is 0 Å². The molecule has 2 heteroatoms. The van der Waals surface area contributed by atoms with Gasteiger partial charge in [-0.25, -0.2) is 0 Å². The van der Waals surface area contributed by atoms with Gasteiger partial charge in [0.05, 0.1) is 6.10 Å². The summed E-state index contributed by atoms with van der Waals surface area (Å²) in [6.45, 7) is 4.73. The molecule has 1 saturated heterocycles. The number of nitrogens with zero attached hydrogens (tertiary/aromatic N) is 1. The van der Waals surface area contributed by atoms with E-state index in [0.717, 1.165) is 12.3 Å². The molecule has 0 radical (unpaired) electrons. The molecular formula is C16H31NO. The Hall–Kier alpha value is -0.0800. The van der Waals surface area contributed by atoms with Crippen molar-refractivity contribution in [2.24, 2.45) is 5.92 Å². The lowest BCUT2D eigenvalue weighted by molar-refractivity contribution is -0.00146. The SMILES string of the molecule is CCCC1CCC(O)C(N2CCCCCCC2)C1. The van der Waals surface area contributed by atoms with Gasteiger partial charge < -0.3 is 5.11 Å². The van der Waals surface area contributed by atoms with E-state index < -0.39 is 0 Å². The van der Waals surface area contributed by atoms with E-state index in [0.29, 0.717) is 6.04 Å². The van der Waals surface area contributed by atoms with E-state index in [9.17, 15) is 5.11 Å². The minimum Gasteiger partial charge on any atom is -0.391 e. The summed E-state index contributed by atoms with van der Waals surface area (Å²) < 4.78 is 0. The van der Waals surface area contributed by atoms with Crippen molar-refractivity contribution in [3.8, 4) is 0 Å². The Balaban J connectivity index is 1.90. The zero-order valence-electron chi connectivity index (χ0n) is 12.1. The Morgan fingerprint density at radius 1 is 1.00 bits per heavy atom. The number of hydrogen-bond acceptors (Lipinski definition) is 2. The fourth-order valence-corrected chi connectivity index (χ4v) is 3.88. The van der Waals surface area contributed by atoms with Crippen LogP contribution in [-0.4, -0.2) is 35.2 Å². The van der Waals surface area contributed by atoms with Crippen LogP contribution in [0.3, 0.4) is 0 Å². The molecule has 0 aromatic carbocycles. The summed E-state index contributed by atoms with van der Waals surface area (Å²) in [5.41, 5.74) is 0. The fourth-order valence-electron chi connectivity index (χ4n) is 3.88. The molecule has 0 bridgehead atoms. The highest BCUT2D eigenvalue weighted by Crippen LogP contribution is 2.31. The van der Waals surface area contributed by atoms with Crippen LogP contribution in [0.15, 0.2) is 0 Å². The van der Waals surface area contributed by atoms with E-state index in [1.165, 1.54) is 70.9 Å². The zero-order valence-corrected chi connectivity index (χ0v) is 12.1. The minimum absolute atomic E-state index is 0.0578. The first kappa shape index (κ1) is 14.3. The van der Waals surface area contributed by atoms with Gasteiger partial charge in [0.2, 0.25) is 0 Å². The van der Waals surface area contributed by atoms with Crippen LogP contribution in [-0.2, 0) is 0 Å². The third-order valence-corrected chi connectivity index (χ3v) is 4.95. The molecule has 1 heterocycles. The lowest BCUT2D eigenvalue weighted by Crippen LogP contribution is -2.48. The van der Waals surface area contributed by atoms with Crippen LogP contribution in [0.4, 0.5) is 0 Å². The van der Waals surface area contributed by atoms with Crippen molar-refractivity contribution in [2.75, 3.05) is 13.1 Å². The van der Waals surface area contributed by atoms with Crippen LogP contribution < -0.4 is 0 Å². The van der Waals surface area contributed by atoms with Crippen molar-refractivity contribution in [2.45, 2.75) is 83.3 Å². The first-order chi connectivity index (χ1) is 8.81. The molecule has 2 nitrogen and oxygen atoms in total. The summed E-state index contributed by atoms with van der Waals surface area (Å²) in [7, 11) is 0. The molecular weight excluding hydrogens is 222 g/mol. The monoisotopic (exact) mass is 253 g/mol. The van der Waals surface area contributed by atoms with E-state index in [1.807, 2.05) is 0 Å². The lowest BCUT2D eigenvalue weighted by atomic mass is 9.80. The molecule has 0 amide bonds. The van der Waals surface area contributed by atoms with Gasteiger partial charge in [-0.15, -0.1) is 0 Å². The average molecular weight is 253 g/mol. The van der Waals surface area contributed by atoms with Gasteiger partial charge in [0.1, 0.15) is 0 Å². The highest BCUT2D eigenvalue weighted by molar-refractivity contribution is 4.87. The van der Waals surface area contributed by atoms with Gasteiger partial charge in [-0.3, -0.25) is 4.90 Å². The second kappa shape index (κ2) is 7.49. The standard InChI is InChI=1S/C16H31NO/c1-2-8-14-9-10-16(18)15(13-14)17-11-6-4-3-5-7-12-17/h14-16,18H,2-13H2,1H3. The van der Waals surface area contributed by atoms with Crippen molar-refractivity contribution < 1.29 is 5.11 Å². The normalized spacial score (nSPS) is 36.0. The van der Waals surface area contributed by atoms with Crippen LogP contribution in [0.5, 0.6) is 0 Å². The molecule has 0 aromatic heterocycles. The predicted octanol–water partition coefficient (Wildman–Crippen LogP) is 3.58. The summed E-state index contributed by atoms with van der Waals surface area (Å²) in [6.07, 6.45) is 13.0. The van der Waals surface area contributed by atoms with Crippen molar-refractivity contribution in [1.82, 2.24) is 4.90 Å². The van der Waals surface area contributed by atoms with E-state index >= 15 is 0 Å². The largest absolute Gasteiger partial charge is 0.391 e. The molecule has 1 N–H and O–H groups in total. The van der Waals surface area contributed by atoms with Gasteiger partial charge >= 0.3 is 0 Å². The summed E-state index contributed by atoms with van der Waals surface area (Å²) in [5.74, 6) is 0.869. The summed E-state index contributed by atoms with van der Waals surface area (Å²) in [4.78, 5) is 2.62. The van der Waals surface area contributed by atoms with Crippen LogP contribution in [0.1, 0.15) is 71.1 Å². The third-order valence-electron chi connectivity index (χ3n) is 4.95. The molecule has 106 valence electrons. The second-order valence-electron chi connectivity index (χ2n) is 6.41. The van der Waals surface area contributed by atoms with Gasteiger partial charge in [-0.05, 0) is 51.1 Å². The molecule has 1 aliphatic heterocycles. The predicted molar refractivity (Wildman–Crippen MR) is 76.7 cm³/mol. The van der Waals surface area contributed by atoms with Crippen molar-refractivity contribution >= 4 is 0 Å². The molecule has 3 unspecified atom stereocenters. The molecule has 18 heavy (non-hydrogen) atoms. The molecule has 2 rings (SSSR count). The van der Waals surface area contributed by atoms with Gasteiger partial charge in [-0.1, -0.05) is 39.0 Å². The Morgan fingerprint density at radius 2 is 1.67 bits per heavy atom. The van der Waals surface area contributed by atoms with Crippen molar-refractivity contribution in [1.29, 1.82) is 0 Å². The zero-order chi connectivity index (χ0) is 12.8. The van der Waals surface area contributed by atoms with E-state index in [2.05, 4.69) is 11.8 Å². The highest BCUT2D eigenvalue weighted by Gasteiger charge is 2.32. The Morgan fingerprint density at radius 3 is 2.33 bits per heavy atom. The highest BCUT2D eigenvalue weighted by atomic mass is 16.3. The molecule has 2 fully saturated rings. The summed E-state index contributed by atoms with van der Waals surface area (Å²) >= 11 is 0. The summed E-state index contributed by atoms with van der Waals surface area (Å²) in [5, 5.41) is 10.3. The number of likely N-dealkylation sites (tertiary alicyclic amines) is 1. The van der Waals surface area contributed by atoms with Crippen LogP contribution in [0.2, 0.25) is 0 Å². The smallest absolute Gasteiger partial charge is 0.0695 e. The van der Waals surface area contributed by atoms with Gasteiger partial charge in [0.25, 0.3) is 0 Å². The third kappa shape index (κ3) is 3.96. The fraction of sp³-hybridized carbons (Fsp3) is 1.00. The second-order valence-corrected chi connectivity index (χ2v) is 6.41. The van der Waals surface area contributed by atoms with E-state index in [-0.39, 0.29) is 6.10 Å². The Kier molecular flexibility index (Phi) is 5.97. The maximum Gasteiger partial charge on any atom is 0.0695 e. The Labute approximate surface area is 113 Å². The van der Waals surface area contributed by atoms with Crippen LogP contribution in [0, 0.1) is 5.92 Å². The summed E-state index contributed by atoms with van der Waals surface area (Å²) in [6, 6.07) is 0.466. The number of rotatable bonds is 3. The average Bonchev–Trinajstić information content (AvgIpc) is 2.32. The molecule has 0 aromatic rings. The number of hydrogen-bond donors (Lipinski definition) is 1. The van der Waals surface area contributed by atoms with Crippen molar-refractivity contribution in [3.05, 3.63) is 0 Å². The quantitative estimate of drug-likeness (QED) is 0.831. The molecule has 3 atom stereocenters. The van der Waals surface area contributed by atoms with Crippen LogP contribution >= 0.6 is 0 Å². The van der Waals surface area contributed by atoms with E-state index in [4.69, 9.17) is 0 Å². The van der Waals surface area contributed by atoms with Crippen molar-refractivity contribution in [3.63, 3.8) is 0 Å². The van der Waals surface area contributed by atoms with Gasteiger partial charge in [-0.2, -0.15) is 0 Å². The molecule has 2 aliphatic rings. The topological polar surface area (TPSA) is 23.5 Å². The maximum absolute atomic E-state index is 10.3. The molecule has 1 aliphatic carbocycles. The number of aliphatic hydroxyl groups is 1. The first-order valence-electron chi connectivity index (χ1n) is 8.23. The Bertz CT molecular complexity index is 223. The van der Waals surface area contributed by atoms with Gasteiger partial charge in [0.15, 0.2) is 0 Å². The minimum atomic E-state index is -0.0578. The maximum atomic E-state index is 10.3. The molecule has 0 spiro atoms.